The SMILES string of the molecule is C[C@@H]1CN(CCOc2ccc(NCOCc3cccc(N4CCOCC4)c3)c3ccccc23)C[C@H](C)O1. The summed E-state index contributed by atoms with van der Waals surface area (Å²) in [5.74, 6) is 0.913. The van der Waals surface area contributed by atoms with E-state index in [1.165, 1.54) is 11.3 Å². The minimum atomic E-state index is 0.269. The number of nitrogens with one attached hydrogen (secondary N) is 1. The first-order valence-electron chi connectivity index (χ1n) is 13.4. The van der Waals surface area contributed by atoms with E-state index >= 15 is 0 Å². The van der Waals surface area contributed by atoms with Crippen molar-refractivity contribution in [2.45, 2.75) is 32.7 Å². The van der Waals surface area contributed by atoms with Crippen molar-refractivity contribution < 1.29 is 18.9 Å². The number of morpholine rings is 2. The normalized spacial score (nSPS) is 20.8. The van der Waals surface area contributed by atoms with Crippen molar-refractivity contribution in [3.63, 3.8) is 0 Å². The topological polar surface area (TPSA) is 55.4 Å². The quantitative estimate of drug-likeness (QED) is 0.315. The van der Waals surface area contributed by atoms with Crippen LogP contribution >= 0.6 is 0 Å². The van der Waals surface area contributed by atoms with Gasteiger partial charge in [-0.15, -0.1) is 0 Å². The maximum Gasteiger partial charge on any atom is 0.127 e. The Hall–Kier alpha value is -2.84. The monoisotopic (exact) mass is 505 g/mol. The van der Waals surface area contributed by atoms with Gasteiger partial charge in [0, 0.05) is 54.9 Å². The van der Waals surface area contributed by atoms with E-state index in [4.69, 9.17) is 18.9 Å². The molecule has 2 aliphatic heterocycles. The number of anilines is 2. The number of hydrogen-bond acceptors (Lipinski definition) is 7. The van der Waals surface area contributed by atoms with E-state index in [9.17, 15) is 0 Å². The third kappa shape index (κ3) is 6.93. The van der Waals surface area contributed by atoms with Crippen molar-refractivity contribution in [1.82, 2.24) is 4.90 Å². The molecule has 7 heteroatoms. The van der Waals surface area contributed by atoms with Gasteiger partial charge in [-0.2, -0.15) is 0 Å². The zero-order valence-corrected chi connectivity index (χ0v) is 22.0. The van der Waals surface area contributed by atoms with Crippen LogP contribution in [0.15, 0.2) is 60.7 Å². The molecule has 0 aliphatic carbocycles. The third-order valence-electron chi connectivity index (χ3n) is 6.96. The van der Waals surface area contributed by atoms with Crippen LogP contribution in [0.5, 0.6) is 5.75 Å². The number of hydrogen-bond donors (Lipinski definition) is 1. The summed E-state index contributed by atoms with van der Waals surface area (Å²) in [6.45, 7) is 12.2. The number of nitrogens with zero attached hydrogens (tertiary/aromatic N) is 2. The van der Waals surface area contributed by atoms with Gasteiger partial charge in [0.25, 0.3) is 0 Å². The van der Waals surface area contributed by atoms with Gasteiger partial charge >= 0.3 is 0 Å². The highest BCUT2D eigenvalue weighted by molar-refractivity contribution is 5.97. The maximum absolute atomic E-state index is 6.24. The first-order valence-corrected chi connectivity index (χ1v) is 13.4. The summed E-state index contributed by atoms with van der Waals surface area (Å²) >= 11 is 0. The Labute approximate surface area is 220 Å². The molecule has 0 saturated carbocycles. The molecule has 0 aromatic heterocycles. The minimum Gasteiger partial charge on any atom is -0.492 e. The second kappa shape index (κ2) is 12.6. The van der Waals surface area contributed by atoms with Gasteiger partial charge < -0.3 is 29.2 Å². The van der Waals surface area contributed by atoms with Gasteiger partial charge in [-0.25, -0.2) is 0 Å². The fourth-order valence-electron chi connectivity index (χ4n) is 5.27. The van der Waals surface area contributed by atoms with Crippen molar-refractivity contribution in [3.05, 3.63) is 66.2 Å². The Bertz CT molecular complexity index is 1140. The molecule has 37 heavy (non-hydrogen) atoms. The van der Waals surface area contributed by atoms with Gasteiger partial charge in [0.05, 0.1) is 32.0 Å². The van der Waals surface area contributed by atoms with Crippen LogP contribution in [0.3, 0.4) is 0 Å². The second-order valence-corrected chi connectivity index (χ2v) is 9.96. The molecule has 3 aromatic carbocycles. The van der Waals surface area contributed by atoms with E-state index in [1.54, 1.807) is 0 Å². The van der Waals surface area contributed by atoms with Crippen LogP contribution in [-0.4, -0.2) is 76.4 Å². The molecule has 2 atom stereocenters. The maximum atomic E-state index is 6.24. The van der Waals surface area contributed by atoms with Gasteiger partial charge in [-0.05, 0) is 43.7 Å². The van der Waals surface area contributed by atoms with Crippen LogP contribution in [0.25, 0.3) is 10.8 Å². The lowest BCUT2D eigenvalue weighted by Crippen LogP contribution is -2.46. The van der Waals surface area contributed by atoms with Crippen LogP contribution in [0.4, 0.5) is 11.4 Å². The average Bonchev–Trinajstić information content (AvgIpc) is 2.92. The molecule has 0 spiro atoms. The average molecular weight is 506 g/mol. The van der Waals surface area contributed by atoms with Crippen LogP contribution in [0.1, 0.15) is 19.4 Å². The second-order valence-electron chi connectivity index (χ2n) is 9.96. The smallest absolute Gasteiger partial charge is 0.127 e. The van der Waals surface area contributed by atoms with E-state index in [-0.39, 0.29) is 12.2 Å². The molecular weight excluding hydrogens is 466 g/mol. The van der Waals surface area contributed by atoms with E-state index in [0.29, 0.717) is 19.9 Å². The molecule has 5 rings (SSSR count). The Morgan fingerprint density at radius 2 is 1.70 bits per heavy atom. The summed E-state index contributed by atoms with van der Waals surface area (Å²) in [4.78, 5) is 4.79. The van der Waals surface area contributed by atoms with Gasteiger partial charge in [0.1, 0.15) is 19.1 Å². The lowest BCUT2D eigenvalue weighted by molar-refractivity contribution is -0.0699. The van der Waals surface area contributed by atoms with Crippen LogP contribution < -0.4 is 15.0 Å². The summed E-state index contributed by atoms with van der Waals surface area (Å²) in [7, 11) is 0. The number of fused-ring (bicyclic) bond motifs is 1. The summed E-state index contributed by atoms with van der Waals surface area (Å²) in [5, 5.41) is 5.69. The molecule has 198 valence electrons. The van der Waals surface area contributed by atoms with E-state index < -0.39 is 0 Å². The van der Waals surface area contributed by atoms with Crippen molar-refractivity contribution >= 4 is 22.1 Å². The Morgan fingerprint density at radius 3 is 2.51 bits per heavy atom. The number of benzene rings is 3. The first-order chi connectivity index (χ1) is 18.2. The highest BCUT2D eigenvalue weighted by atomic mass is 16.5. The van der Waals surface area contributed by atoms with Gasteiger partial charge in [-0.1, -0.05) is 36.4 Å². The number of ether oxygens (including phenoxy) is 4. The Morgan fingerprint density at radius 1 is 0.919 bits per heavy atom. The highest BCUT2D eigenvalue weighted by Crippen LogP contribution is 2.31. The third-order valence-corrected chi connectivity index (χ3v) is 6.96. The summed E-state index contributed by atoms with van der Waals surface area (Å²) in [5.41, 5.74) is 3.45. The van der Waals surface area contributed by atoms with Crippen molar-refractivity contribution in [2.75, 3.05) is 69.5 Å². The molecule has 0 bridgehead atoms. The Kier molecular flexibility index (Phi) is 8.79. The largest absolute Gasteiger partial charge is 0.492 e. The summed E-state index contributed by atoms with van der Waals surface area (Å²) < 4.78 is 23.5. The van der Waals surface area contributed by atoms with Crippen molar-refractivity contribution in [2.24, 2.45) is 0 Å². The van der Waals surface area contributed by atoms with Crippen LogP contribution in [-0.2, 0) is 20.8 Å². The van der Waals surface area contributed by atoms with E-state index in [2.05, 4.69) is 89.6 Å². The van der Waals surface area contributed by atoms with E-state index in [1.807, 2.05) is 0 Å². The van der Waals surface area contributed by atoms with Gasteiger partial charge in [-0.3, -0.25) is 4.90 Å². The summed E-state index contributed by atoms with van der Waals surface area (Å²) in [6, 6.07) is 21.1. The minimum absolute atomic E-state index is 0.269. The molecular formula is C30H39N3O4. The fourth-order valence-corrected chi connectivity index (χ4v) is 5.27. The molecule has 0 radical (unpaired) electrons. The predicted molar refractivity (Wildman–Crippen MR) is 149 cm³/mol. The molecule has 2 heterocycles. The molecule has 0 amide bonds. The fraction of sp³-hybridized carbons (Fsp3) is 0.467. The molecule has 3 aromatic rings. The van der Waals surface area contributed by atoms with Crippen LogP contribution in [0, 0.1) is 0 Å². The molecule has 1 N–H and O–H groups in total. The predicted octanol–water partition coefficient (Wildman–Crippen LogP) is 4.75. The zero-order valence-electron chi connectivity index (χ0n) is 22.0. The molecule has 2 saturated heterocycles. The molecule has 2 aliphatic rings. The lowest BCUT2D eigenvalue weighted by atomic mass is 10.1. The summed E-state index contributed by atoms with van der Waals surface area (Å²) in [6.07, 6.45) is 0.539. The lowest BCUT2D eigenvalue weighted by Gasteiger charge is -2.35. The standard InChI is InChI=1S/C30H39N3O4/c1-23-19-32(20-24(2)37-23)12-17-36-30-11-10-29(27-8-3-4-9-28(27)30)31-22-35-21-25-6-5-7-26(18-25)33-13-15-34-16-14-33/h3-11,18,23-24,31H,12-17,19-22H2,1-2H3/t23-,24+. The number of rotatable bonds is 10. The molecule has 2 fully saturated rings. The van der Waals surface area contributed by atoms with Crippen molar-refractivity contribution in [1.29, 1.82) is 0 Å². The van der Waals surface area contributed by atoms with Gasteiger partial charge in [0.2, 0.25) is 0 Å². The molecule has 7 nitrogen and oxygen atoms in total. The van der Waals surface area contributed by atoms with E-state index in [0.717, 1.165) is 68.1 Å². The molecule has 0 unspecified atom stereocenters. The van der Waals surface area contributed by atoms with Crippen LogP contribution in [0.2, 0.25) is 0 Å². The highest BCUT2D eigenvalue weighted by Gasteiger charge is 2.21. The van der Waals surface area contributed by atoms with Crippen molar-refractivity contribution in [3.8, 4) is 5.75 Å². The zero-order chi connectivity index (χ0) is 25.5. The first kappa shape index (κ1) is 25.8. The Balaban J connectivity index is 1.14. The van der Waals surface area contributed by atoms with Gasteiger partial charge in [0.15, 0.2) is 0 Å².